The standard InChI is InChI=1S/C14H10ClN3O2/c15-7-12(19)17-11-6-5-10-13(18-11)8-3-1-2-4-9(8)14(20)16-10/h1-6H,7H2,(H,16,20)(H,17,18,19). The fourth-order valence-electron chi connectivity index (χ4n) is 2.09. The van der Waals surface area contributed by atoms with Gasteiger partial charge in [-0.05, 0) is 18.2 Å². The molecule has 0 aliphatic rings. The Balaban J connectivity index is 2.27. The number of nitrogens with one attached hydrogen (secondary N) is 2. The zero-order chi connectivity index (χ0) is 14.1. The van der Waals surface area contributed by atoms with E-state index in [-0.39, 0.29) is 17.3 Å². The fraction of sp³-hybridized carbons (Fsp3) is 0.0714. The lowest BCUT2D eigenvalue weighted by Crippen LogP contribution is -2.14. The second-order valence-electron chi connectivity index (χ2n) is 4.27. The Morgan fingerprint density at radius 1 is 1.20 bits per heavy atom. The summed E-state index contributed by atoms with van der Waals surface area (Å²) in [5.74, 6) is -0.0564. The highest BCUT2D eigenvalue weighted by Gasteiger charge is 2.08. The van der Waals surface area contributed by atoms with Crippen molar-refractivity contribution in [1.29, 1.82) is 0 Å². The van der Waals surface area contributed by atoms with E-state index in [0.717, 1.165) is 5.39 Å². The Kier molecular flexibility index (Phi) is 3.12. The molecule has 0 unspecified atom stereocenters. The molecule has 0 saturated heterocycles. The highest BCUT2D eigenvalue weighted by atomic mass is 35.5. The predicted molar refractivity (Wildman–Crippen MR) is 79.2 cm³/mol. The van der Waals surface area contributed by atoms with Gasteiger partial charge in [-0.1, -0.05) is 18.2 Å². The normalized spacial score (nSPS) is 10.8. The predicted octanol–water partition coefficient (Wildman–Crippen LogP) is 2.25. The average molecular weight is 288 g/mol. The molecular weight excluding hydrogens is 278 g/mol. The summed E-state index contributed by atoms with van der Waals surface area (Å²) in [6.45, 7) is 0. The number of fused-ring (bicyclic) bond motifs is 3. The largest absolute Gasteiger partial charge is 0.320 e. The van der Waals surface area contributed by atoms with Crippen LogP contribution in [0.1, 0.15) is 0 Å². The van der Waals surface area contributed by atoms with Gasteiger partial charge in [0.1, 0.15) is 11.7 Å². The summed E-state index contributed by atoms with van der Waals surface area (Å²) in [7, 11) is 0. The number of anilines is 1. The molecule has 0 radical (unpaired) electrons. The maximum atomic E-state index is 11.9. The Hall–Kier alpha value is -2.40. The number of carbonyl (C=O) groups excluding carboxylic acids is 1. The number of pyridine rings is 2. The van der Waals surface area contributed by atoms with Crippen LogP contribution in [-0.2, 0) is 4.79 Å². The zero-order valence-corrected chi connectivity index (χ0v) is 11.1. The molecule has 0 atom stereocenters. The van der Waals surface area contributed by atoms with Crippen LogP contribution in [-0.4, -0.2) is 21.8 Å². The first-order chi connectivity index (χ1) is 9.69. The molecule has 0 aliphatic carbocycles. The SMILES string of the molecule is O=C(CCl)Nc1ccc2[nH]c(=O)c3ccccc3c2n1. The molecule has 100 valence electrons. The van der Waals surface area contributed by atoms with E-state index in [1.165, 1.54) is 0 Å². The third-order valence-electron chi connectivity index (χ3n) is 2.96. The van der Waals surface area contributed by atoms with E-state index < -0.39 is 0 Å². The molecule has 1 aromatic carbocycles. The van der Waals surface area contributed by atoms with Crippen molar-refractivity contribution in [2.75, 3.05) is 11.2 Å². The number of benzene rings is 1. The summed E-state index contributed by atoms with van der Waals surface area (Å²) >= 11 is 5.45. The summed E-state index contributed by atoms with van der Waals surface area (Å²) in [5.41, 5.74) is 1.09. The van der Waals surface area contributed by atoms with E-state index in [2.05, 4.69) is 15.3 Å². The van der Waals surface area contributed by atoms with E-state index in [4.69, 9.17) is 11.6 Å². The van der Waals surface area contributed by atoms with Crippen LogP contribution in [0.5, 0.6) is 0 Å². The molecule has 1 amide bonds. The second kappa shape index (κ2) is 4.94. The lowest BCUT2D eigenvalue weighted by Gasteiger charge is -2.06. The molecule has 20 heavy (non-hydrogen) atoms. The first-order valence-corrected chi connectivity index (χ1v) is 6.50. The maximum absolute atomic E-state index is 11.9. The zero-order valence-electron chi connectivity index (χ0n) is 10.3. The van der Waals surface area contributed by atoms with Crippen molar-refractivity contribution in [2.24, 2.45) is 0 Å². The van der Waals surface area contributed by atoms with Crippen molar-refractivity contribution in [1.82, 2.24) is 9.97 Å². The number of carbonyl (C=O) groups is 1. The smallest absolute Gasteiger partial charge is 0.256 e. The third kappa shape index (κ3) is 2.12. The number of hydrogen-bond donors (Lipinski definition) is 2. The highest BCUT2D eigenvalue weighted by molar-refractivity contribution is 6.29. The maximum Gasteiger partial charge on any atom is 0.256 e. The van der Waals surface area contributed by atoms with Crippen molar-refractivity contribution < 1.29 is 4.79 Å². The van der Waals surface area contributed by atoms with Gasteiger partial charge in [-0.2, -0.15) is 0 Å². The van der Waals surface area contributed by atoms with Gasteiger partial charge in [-0.3, -0.25) is 9.59 Å². The van der Waals surface area contributed by atoms with E-state index in [9.17, 15) is 9.59 Å². The molecule has 0 bridgehead atoms. The first-order valence-electron chi connectivity index (χ1n) is 5.96. The summed E-state index contributed by atoms with van der Waals surface area (Å²) in [5, 5.41) is 3.90. The summed E-state index contributed by atoms with van der Waals surface area (Å²) in [4.78, 5) is 30.4. The number of amides is 1. The van der Waals surface area contributed by atoms with Gasteiger partial charge in [-0.15, -0.1) is 11.6 Å². The van der Waals surface area contributed by atoms with Gasteiger partial charge in [0.25, 0.3) is 5.56 Å². The average Bonchev–Trinajstić information content (AvgIpc) is 2.48. The van der Waals surface area contributed by atoms with Crippen molar-refractivity contribution in [3.05, 3.63) is 46.8 Å². The van der Waals surface area contributed by atoms with Crippen LogP contribution in [0.2, 0.25) is 0 Å². The second-order valence-corrected chi connectivity index (χ2v) is 4.54. The van der Waals surface area contributed by atoms with Crippen molar-refractivity contribution >= 4 is 45.1 Å². The molecule has 0 saturated carbocycles. The molecular formula is C14H10ClN3O2. The molecule has 0 fully saturated rings. The number of H-pyrrole nitrogens is 1. The van der Waals surface area contributed by atoms with Gasteiger partial charge in [0.15, 0.2) is 0 Å². The van der Waals surface area contributed by atoms with Gasteiger partial charge in [-0.25, -0.2) is 4.98 Å². The van der Waals surface area contributed by atoms with E-state index in [0.29, 0.717) is 22.2 Å². The molecule has 6 heteroatoms. The van der Waals surface area contributed by atoms with Crippen molar-refractivity contribution in [3.63, 3.8) is 0 Å². The van der Waals surface area contributed by atoms with Gasteiger partial charge in [0, 0.05) is 10.8 Å². The molecule has 5 nitrogen and oxygen atoms in total. The number of hydrogen-bond acceptors (Lipinski definition) is 3. The molecule has 2 aromatic heterocycles. The number of aromatic amines is 1. The first kappa shape index (κ1) is 12.6. The van der Waals surface area contributed by atoms with Crippen LogP contribution >= 0.6 is 11.6 Å². The Labute approximate surface area is 118 Å². The highest BCUT2D eigenvalue weighted by Crippen LogP contribution is 2.20. The molecule has 0 aliphatic heterocycles. The van der Waals surface area contributed by atoms with Gasteiger partial charge in [0.2, 0.25) is 5.91 Å². The summed E-state index contributed by atoms with van der Waals surface area (Å²) < 4.78 is 0. The monoisotopic (exact) mass is 287 g/mol. The van der Waals surface area contributed by atoms with Gasteiger partial charge in [0.05, 0.1) is 11.0 Å². The topological polar surface area (TPSA) is 74.8 Å². The van der Waals surface area contributed by atoms with Crippen LogP contribution < -0.4 is 10.9 Å². The Morgan fingerprint density at radius 2 is 1.95 bits per heavy atom. The van der Waals surface area contributed by atoms with Crippen molar-refractivity contribution in [2.45, 2.75) is 0 Å². The third-order valence-corrected chi connectivity index (χ3v) is 3.20. The molecule has 2 N–H and O–H groups in total. The number of halogens is 1. The minimum atomic E-state index is -0.327. The minimum Gasteiger partial charge on any atom is -0.320 e. The van der Waals surface area contributed by atoms with E-state index in [1.807, 2.05) is 12.1 Å². The van der Waals surface area contributed by atoms with E-state index in [1.54, 1.807) is 24.3 Å². The van der Waals surface area contributed by atoms with Gasteiger partial charge >= 0.3 is 0 Å². The van der Waals surface area contributed by atoms with Crippen LogP contribution in [0.15, 0.2) is 41.2 Å². The Morgan fingerprint density at radius 3 is 2.70 bits per heavy atom. The summed E-state index contributed by atoms with van der Waals surface area (Å²) in [6, 6.07) is 10.5. The van der Waals surface area contributed by atoms with E-state index >= 15 is 0 Å². The van der Waals surface area contributed by atoms with Crippen LogP contribution in [0.3, 0.4) is 0 Å². The quantitative estimate of drug-likeness (QED) is 0.561. The molecule has 2 heterocycles. The number of alkyl halides is 1. The number of rotatable bonds is 2. The van der Waals surface area contributed by atoms with Crippen LogP contribution in [0, 0.1) is 0 Å². The Bertz CT molecular complexity index is 873. The van der Waals surface area contributed by atoms with Crippen LogP contribution in [0.25, 0.3) is 21.8 Å². The lowest BCUT2D eigenvalue weighted by molar-refractivity contribution is -0.113. The van der Waals surface area contributed by atoms with Crippen LogP contribution in [0.4, 0.5) is 5.82 Å². The molecule has 3 rings (SSSR count). The summed E-state index contributed by atoms with van der Waals surface area (Å²) in [6.07, 6.45) is 0. The number of aromatic nitrogens is 2. The molecule has 0 spiro atoms. The molecule has 3 aromatic rings. The lowest BCUT2D eigenvalue weighted by atomic mass is 10.1. The van der Waals surface area contributed by atoms with Gasteiger partial charge < -0.3 is 10.3 Å². The minimum absolute atomic E-state index is 0.133. The number of nitrogens with zero attached hydrogens (tertiary/aromatic N) is 1. The van der Waals surface area contributed by atoms with Crippen molar-refractivity contribution in [3.8, 4) is 0 Å². The fourth-order valence-corrected chi connectivity index (χ4v) is 2.16.